The monoisotopic (exact) mass is 390 g/mol. The molecule has 1 N–H and O–H groups in total. The van der Waals surface area contributed by atoms with Crippen LogP contribution < -0.4 is 10.1 Å². The van der Waals surface area contributed by atoms with Gasteiger partial charge in [0.1, 0.15) is 17.8 Å². The number of benzene rings is 2. The Hall–Kier alpha value is -3.31. The molecule has 1 aliphatic rings. The number of rotatable bonds is 7. The minimum absolute atomic E-state index is 0.252. The number of nitrogens with one attached hydrogen (secondary N) is 1. The zero-order chi connectivity index (χ0) is 20.3. The van der Waals surface area contributed by atoms with Crippen LogP contribution in [-0.2, 0) is 16.1 Å². The van der Waals surface area contributed by atoms with Crippen LogP contribution >= 0.6 is 0 Å². The lowest BCUT2D eigenvalue weighted by atomic mass is 10.2. The molecule has 1 aromatic heterocycles. The number of ether oxygens (including phenoxy) is 3. The quantitative estimate of drug-likeness (QED) is 0.571. The third kappa shape index (κ3) is 6.09. The third-order valence-corrected chi connectivity index (χ3v) is 4.04. The molecule has 0 fully saturated rings. The molecule has 0 amide bonds. The molecule has 1 atom stereocenters. The molecule has 5 nitrogen and oxygen atoms in total. The van der Waals surface area contributed by atoms with Gasteiger partial charge in [-0.15, -0.1) is 0 Å². The van der Waals surface area contributed by atoms with Crippen molar-refractivity contribution in [3.05, 3.63) is 102 Å². The fourth-order valence-corrected chi connectivity index (χ4v) is 2.74. The van der Waals surface area contributed by atoms with Crippen molar-refractivity contribution in [3.63, 3.8) is 0 Å². The van der Waals surface area contributed by atoms with Gasteiger partial charge in [-0.25, -0.2) is 0 Å². The molecule has 2 aromatic carbocycles. The molecule has 5 heteroatoms. The Morgan fingerprint density at radius 2 is 1.69 bits per heavy atom. The second-order valence-electron chi connectivity index (χ2n) is 6.11. The van der Waals surface area contributed by atoms with E-state index in [0.29, 0.717) is 13.2 Å². The van der Waals surface area contributed by atoms with E-state index in [1.165, 1.54) is 0 Å². The maximum absolute atomic E-state index is 5.89. The van der Waals surface area contributed by atoms with Gasteiger partial charge < -0.3 is 19.5 Å². The Labute approximate surface area is 172 Å². The van der Waals surface area contributed by atoms with Crippen LogP contribution in [0.1, 0.15) is 31.3 Å². The highest BCUT2D eigenvalue weighted by atomic mass is 16.5. The van der Waals surface area contributed by atoms with Crippen LogP contribution in [-0.4, -0.2) is 11.6 Å². The molecule has 1 aliphatic heterocycles. The smallest absolute Gasteiger partial charge is 0.195 e. The molecule has 2 heterocycles. The van der Waals surface area contributed by atoms with Gasteiger partial charge in [-0.2, -0.15) is 0 Å². The van der Waals surface area contributed by atoms with Gasteiger partial charge >= 0.3 is 0 Å². The number of aromatic nitrogens is 1. The number of hydrogen-bond donors (Lipinski definition) is 1. The lowest BCUT2D eigenvalue weighted by Crippen LogP contribution is -2.18. The van der Waals surface area contributed by atoms with Gasteiger partial charge in [-0.3, -0.25) is 4.98 Å². The number of nitrogens with zero attached hydrogens (tertiary/aromatic N) is 1. The van der Waals surface area contributed by atoms with Crippen molar-refractivity contribution in [2.24, 2.45) is 0 Å². The lowest BCUT2D eigenvalue weighted by Gasteiger charge is -2.14. The minimum Gasteiger partial charge on any atom is -0.472 e. The molecule has 0 radical (unpaired) electrons. The summed E-state index contributed by atoms with van der Waals surface area (Å²) in [5.74, 6) is 1.57. The highest BCUT2D eigenvalue weighted by molar-refractivity contribution is 5.35. The fraction of sp³-hybridized carbons (Fsp3) is 0.208. The van der Waals surface area contributed by atoms with Crippen molar-refractivity contribution in [2.45, 2.75) is 26.7 Å². The summed E-state index contributed by atoms with van der Waals surface area (Å²) in [6, 6.07) is 23.3. The minimum atomic E-state index is -0.252. The van der Waals surface area contributed by atoms with E-state index in [1.807, 2.05) is 86.6 Å². The fourth-order valence-electron chi connectivity index (χ4n) is 2.74. The summed E-state index contributed by atoms with van der Waals surface area (Å²) in [7, 11) is 0. The van der Waals surface area contributed by atoms with Gasteiger partial charge in [-0.1, -0.05) is 50.2 Å². The van der Waals surface area contributed by atoms with E-state index in [9.17, 15) is 0 Å². The van der Waals surface area contributed by atoms with E-state index in [0.717, 1.165) is 28.5 Å². The van der Waals surface area contributed by atoms with Gasteiger partial charge in [-0.05, 0) is 36.4 Å². The van der Waals surface area contributed by atoms with Crippen LogP contribution in [0.25, 0.3) is 0 Å². The topological polar surface area (TPSA) is 52.6 Å². The Bertz CT molecular complexity index is 898. The highest BCUT2D eigenvalue weighted by Gasteiger charge is 2.19. The largest absolute Gasteiger partial charge is 0.472 e. The average Bonchev–Trinajstić information content (AvgIpc) is 3.26. The zero-order valence-electron chi connectivity index (χ0n) is 16.7. The van der Waals surface area contributed by atoms with E-state index in [-0.39, 0.29) is 6.23 Å². The Balaban J connectivity index is 0.00000117. The third-order valence-electron chi connectivity index (χ3n) is 4.04. The van der Waals surface area contributed by atoms with Gasteiger partial charge in [0, 0.05) is 11.8 Å². The van der Waals surface area contributed by atoms with Crippen LogP contribution in [0.2, 0.25) is 0 Å². The first kappa shape index (κ1) is 20.4. The second-order valence-corrected chi connectivity index (χ2v) is 6.11. The first-order valence-corrected chi connectivity index (χ1v) is 9.78. The van der Waals surface area contributed by atoms with Crippen LogP contribution in [0.4, 0.5) is 0 Å². The van der Waals surface area contributed by atoms with Crippen molar-refractivity contribution >= 4 is 0 Å². The van der Waals surface area contributed by atoms with Crippen molar-refractivity contribution in [1.82, 2.24) is 10.3 Å². The normalized spacial score (nSPS) is 14.7. The summed E-state index contributed by atoms with van der Waals surface area (Å²) < 4.78 is 17.3. The molecule has 0 saturated carbocycles. The molecule has 150 valence electrons. The maximum Gasteiger partial charge on any atom is 0.195 e. The van der Waals surface area contributed by atoms with Gasteiger partial charge in [0.2, 0.25) is 0 Å². The molecule has 1 unspecified atom stereocenters. The molecule has 4 rings (SSSR count). The summed E-state index contributed by atoms with van der Waals surface area (Å²) in [5.41, 5.74) is 2.78. The number of para-hydroxylation sites is 1. The number of pyridine rings is 1. The van der Waals surface area contributed by atoms with Crippen LogP contribution in [0.15, 0.2) is 91.0 Å². The Kier molecular flexibility index (Phi) is 7.66. The van der Waals surface area contributed by atoms with E-state index in [2.05, 4.69) is 10.3 Å². The molecule has 0 aliphatic carbocycles. The average molecular weight is 390 g/mol. The van der Waals surface area contributed by atoms with Crippen molar-refractivity contribution in [1.29, 1.82) is 0 Å². The Morgan fingerprint density at radius 3 is 2.48 bits per heavy atom. The van der Waals surface area contributed by atoms with Gasteiger partial charge in [0.05, 0.1) is 24.6 Å². The maximum atomic E-state index is 5.89. The molecule has 0 spiro atoms. The standard InChI is InChI=1S/C22H20N2O3.C2H6/c1-2-9-20(10-3-1)27-21-11-6-7-17(13-21)22-24-19(16-26-22)15-25-14-18-8-4-5-12-23-18;1-2/h1-13,16,22,24H,14-15H2;1-2H3. The van der Waals surface area contributed by atoms with Crippen LogP contribution in [0, 0.1) is 0 Å². The summed E-state index contributed by atoms with van der Waals surface area (Å²) in [5, 5.41) is 3.32. The van der Waals surface area contributed by atoms with Crippen molar-refractivity contribution < 1.29 is 14.2 Å². The van der Waals surface area contributed by atoms with E-state index in [4.69, 9.17) is 14.2 Å². The van der Waals surface area contributed by atoms with Crippen molar-refractivity contribution in [3.8, 4) is 11.5 Å². The first-order valence-electron chi connectivity index (χ1n) is 9.78. The van der Waals surface area contributed by atoms with Crippen LogP contribution in [0.5, 0.6) is 11.5 Å². The first-order chi connectivity index (χ1) is 14.4. The molecule has 0 saturated heterocycles. The summed E-state index contributed by atoms with van der Waals surface area (Å²) in [6.07, 6.45) is 3.21. The van der Waals surface area contributed by atoms with Gasteiger partial charge in [0.15, 0.2) is 6.23 Å². The summed E-state index contributed by atoms with van der Waals surface area (Å²) in [4.78, 5) is 4.24. The SMILES string of the molecule is C1=C(COCc2ccccn2)NC(c2cccc(Oc3ccccc3)c2)O1.CC. The molecule has 0 bridgehead atoms. The summed E-state index contributed by atoms with van der Waals surface area (Å²) in [6.45, 7) is 4.90. The predicted molar refractivity (Wildman–Crippen MR) is 113 cm³/mol. The summed E-state index contributed by atoms with van der Waals surface area (Å²) >= 11 is 0. The molecular formula is C24H26N2O3. The lowest BCUT2D eigenvalue weighted by molar-refractivity contribution is 0.131. The second kappa shape index (κ2) is 10.9. The van der Waals surface area contributed by atoms with Gasteiger partial charge in [0.25, 0.3) is 0 Å². The molecule has 3 aromatic rings. The molecular weight excluding hydrogens is 364 g/mol. The number of hydrogen-bond acceptors (Lipinski definition) is 5. The van der Waals surface area contributed by atoms with Crippen LogP contribution in [0.3, 0.4) is 0 Å². The highest BCUT2D eigenvalue weighted by Crippen LogP contribution is 2.27. The Morgan fingerprint density at radius 1 is 0.897 bits per heavy atom. The predicted octanol–water partition coefficient (Wildman–Crippen LogP) is 5.58. The molecule has 29 heavy (non-hydrogen) atoms. The van der Waals surface area contributed by atoms with E-state index >= 15 is 0 Å². The zero-order valence-corrected chi connectivity index (χ0v) is 16.7. The van der Waals surface area contributed by atoms with Crippen molar-refractivity contribution in [2.75, 3.05) is 6.61 Å². The van der Waals surface area contributed by atoms with E-state index in [1.54, 1.807) is 12.5 Å². The van der Waals surface area contributed by atoms with E-state index < -0.39 is 0 Å².